The lowest BCUT2D eigenvalue weighted by atomic mass is 9.94. The fraction of sp³-hybridized carbons (Fsp3) is 0.286. The van der Waals surface area contributed by atoms with E-state index in [9.17, 15) is 4.79 Å². The van der Waals surface area contributed by atoms with Gasteiger partial charge in [-0.3, -0.25) is 14.5 Å². The van der Waals surface area contributed by atoms with Crippen molar-refractivity contribution in [3.63, 3.8) is 0 Å². The fourth-order valence-electron chi connectivity index (χ4n) is 3.08. The number of hydrogen-bond donors (Lipinski definition) is 1. The van der Waals surface area contributed by atoms with Crippen molar-refractivity contribution >= 4 is 5.91 Å². The van der Waals surface area contributed by atoms with Crippen molar-refractivity contribution < 1.29 is 4.79 Å². The molecule has 0 fully saturated rings. The summed E-state index contributed by atoms with van der Waals surface area (Å²) in [7, 11) is 1.89. The second kappa shape index (κ2) is 7.95. The SMILES string of the molecule is Cc1ccc(C)c([C@@H](NC(=O)CCc2ccnn2C)c2cccnc2)c1. The minimum Gasteiger partial charge on any atom is -0.345 e. The summed E-state index contributed by atoms with van der Waals surface area (Å²) in [6.07, 6.45) is 6.39. The van der Waals surface area contributed by atoms with Crippen LogP contribution in [0.5, 0.6) is 0 Å². The maximum atomic E-state index is 12.6. The van der Waals surface area contributed by atoms with Crippen LogP contribution in [-0.2, 0) is 18.3 Å². The fourth-order valence-corrected chi connectivity index (χ4v) is 3.08. The molecule has 2 aromatic heterocycles. The molecular formula is C21H24N4O. The molecule has 0 aliphatic carbocycles. The zero-order chi connectivity index (χ0) is 18.5. The van der Waals surface area contributed by atoms with Crippen molar-refractivity contribution in [3.05, 3.63) is 82.9 Å². The van der Waals surface area contributed by atoms with Crippen LogP contribution in [0.15, 0.2) is 55.0 Å². The lowest BCUT2D eigenvalue weighted by molar-refractivity contribution is -0.121. The predicted molar refractivity (Wildman–Crippen MR) is 102 cm³/mol. The number of amides is 1. The summed E-state index contributed by atoms with van der Waals surface area (Å²) < 4.78 is 1.80. The summed E-state index contributed by atoms with van der Waals surface area (Å²) in [6.45, 7) is 4.13. The molecule has 1 N–H and O–H groups in total. The van der Waals surface area contributed by atoms with E-state index in [1.165, 1.54) is 5.56 Å². The first kappa shape index (κ1) is 17.9. The van der Waals surface area contributed by atoms with Crippen molar-refractivity contribution in [2.24, 2.45) is 7.05 Å². The smallest absolute Gasteiger partial charge is 0.221 e. The maximum Gasteiger partial charge on any atom is 0.221 e. The Labute approximate surface area is 154 Å². The molecule has 0 aliphatic heterocycles. The normalized spacial score (nSPS) is 12.0. The molecule has 1 amide bonds. The summed E-state index contributed by atoms with van der Waals surface area (Å²) in [5, 5.41) is 7.34. The monoisotopic (exact) mass is 348 g/mol. The Balaban J connectivity index is 1.81. The van der Waals surface area contributed by atoms with E-state index in [0.717, 1.165) is 22.4 Å². The predicted octanol–water partition coefficient (Wildman–Crippen LogP) is 3.27. The van der Waals surface area contributed by atoms with E-state index in [4.69, 9.17) is 0 Å². The first-order chi connectivity index (χ1) is 12.5. The minimum atomic E-state index is -0.206. The second-order valence-electron chi connectivity index (χ2n) is 6.59. The van der Waals surface area contributed by atoms with E-state index in [0.29, 0.717) is 12.8 Å². The molecule has 0 saturated carbocycles. The standard InChI is InChI=1S/C21H24N4O/c1-15-6-7-16(2)19(13-15)21(17-5-4-11-22-14-17)24-20(26)9-8-18-10-12-23-25(18)3/h4-7,10-14,21H,8-9H2,1-3H3,(H,24,26)/t21-/m0/s1. The minimum absolute atomic E-state index is 0.0148. The molecule has 1 aromatic carbocycles. The lowest BCUT2D eigenvalue weighted by Gasteiger charge is -2.22. The third kappa shape index (κ3) is 4.17. The Morgan fingerprint density at radius 1 is 1.19 bits per heavy atom. The van der Waals surface area contributed by atoms with E-state index < -0.39 is 0 Å². The zero-order valence-corrected chi connectivity index (χ0v) is 15.4. The van der Waals surface area contributed by atoms with Crippen LogP contribution in [-0.4, -0.2) is 20.7 Å². The van der Waals surface area contributed by atoms with E-state index in [1.54, 1.807) is 17.1 Å². The van der Waals surface area contributed by atoms with Crippen LogP contribution >= 0.6 is 0 Å². The second-order valence-corrected chi connectivity index (χ2v) is 6.59. The van der Waals surface area contributed by atoms with Crippen molar-refractivity contribution in [2.45, 2.75) is 32.7 Å². The van der Waals surface area contributed by atoms with E-state index in [-0.39, 0.29) is 11.9 Å². The quantitative estimate of drug-likeness (QED) is 0.744. The third-order valence-corrected chi connectivity index (χ3v) is 4.60. The Bertz CT molecular complexity index is 886. The number of nitrogens with one attached hydrogen (secondary N) is 1. The summed E-state index contributed by atoms with van der Waals surface area (Å²) in [5.41, 5.74) is 5.45. The number of aromatic nitrogens is 3. The maximum absolute atomic E-state index is 12.6. The van der Waals surface area contributed by atoms with Gasteiger partial charge >= 0.3 is 0 Å². The molecule has 5 nitrogen and oxygen atoms in total. The molecule has 3 aromatic rings. The first-order valence-electron chi connectivity index (χ1n) is 8.78. The van der Waals surface area contributed by atoms with Crippen LogP contribution < -0.4 is 5.32 Å². The van der Waals surface area contributed by atoms with Gasteiger partial charge in [-0.25, -0.2) is 0 Å². The highest BCUT2D eigenvalue weighted by Crippen LogP contribution is 2.25. The molecule has 26 heavy (non-hydrogen) atoms. The number of aryl methyl sites for hydroxylation is 4. The molecule has 2 heterocycles. The summed E-state index contributed by atoms with van der Waals surface area (Å²) >= 11 is 0. The van der Waals surface area contributed by atoms with Crippen LogP contribution in [0.3, 0.4) is 0 Å². The van der Waals surface area contributed by atoms with Gasteiger partial charge in [-0.15, -0.1) is 0 Å². The highest BCUT2D eigenvalue weighted by atomic mass is 16.1. The average Bonchev–Trinajstić information content (AvgIpc) is 3.06. The van der Waals surface area contributed by atoms with Crippen molar-refractivity contribution in [3.8, 4) is 0 Å². The number of benzene rings is 1. The van der Waals surface area contributed by atoms with Gasteiger partial charge in [0.2, 0.25) is 5.91 Å². The average molecular weight is 348 g/mol. The number of rotatable bonds is 6. The first-order valence-corrected chi connectivity index (χ1v) is 8.78. The molecule has 0 unspecified atom stereocenters. The molecular weight excluding hydrogens is 324 g/mol. The lowest BCUT2D eigenvalue weighted by Crippen LogP contribution is -2.30. The molecule has 134 valence electrons. The molecule has 0 spiro atoms. The van der Waals surface area contributed by atoms with Gasteiger partial charge in [0.05, 0.1) is 6.04 Å². The number of nitrogens with zero attached hydrogens (tertiary/aromatic N) is 3. The van der Waals surface area contributed by atoms with Crippen LogP contribution in [0.2, 0.25) is 0 Å². The largest absolute Gasteiger partial charge is 0.345 e. The van der Waals surface area contributed by atoms with E-state index in [1.807, 2.05) is 31.4 Å². The summed E-state index contributed by atoms with van der Waals surface area (Å²) in [6, 6.07) is 11.9. The Morgan fingerprint density at radius 3 is 2.73 bits per heavy atom. The highest BCUT2D eigenvalue weighted by molar-refractivity contribution is 5.77. The molecule has 3 rings (SSSR count). The zero-order valence-electron chi connectivity index (χ0n) is 15.4. The van der Waals surface area contributed by atoms with Gasteiger partial charge in [0.1, 0.15) is 0 Å². The number of carbonyl (C=O) groups excluding carboxylic acids is 1. The Morgan fingerprint density at radius 2 is 2.04 bits per heavy atom. The van der Waals surface area contributed by atoms with E-state index >= 15 is 0 Å². The van der Waals surface area contributed by atoms with Gasteiger partial charge in [-0.05, 0) is 49.1 Å². The number of pyridine rings is 1. The van der Waals surface area contributed by atoms with Gasteiger partial charge in [0, 0.05) is 37.8 Å². The molecule has 0 radical (unpaired) electrons. The van der Waals surface area contributed by atoms with Gasteiger partial charge in [-0.1, -0.05) is 29.8 Å². The van der Waals surface area contributed by atoms with Gasteiger partial charge in [0.15, 0.2) is 0 Å². The molecule has 0 bridgehead atoms. The number of carbonyl (C=O) groups is 1. The molecule has 0 aliphatic rings. The van der Waals surface area contributed by atoms with Gasteiger partial charge < -0.3 is 5.32 Å². The van der Waals surface area contributed by atoms with Gasteiger partial charge in [-0.2, -0.15) is 5.10 Å². The number of hydrogen-bond acceptors (Lipinski definition) is 3. The van der Waals surface area contributed by atoms with Crippen LogP contribution in [0.25, 0.3) is 0 Å². The van der Waals surface area contributed by atoms with Crippen LogP contribution in [0, 0.1) is 13.8 Å². The molecule has 1 atom stereocenters. The molecule has 0 saturated heterocycles. The van der Waals surface area contributed by atoms with Crippen LogP contribution in [0.1, 0.15) is 40.4 Å². The Kier molecular flexibility index (Phi) is 5.46. The highest BCUT2D eigenvalue weighted by Gasteiger charge is 2.19. The summed E-state index contributed by atoms with van der Waals surface area (Å²) in [4.78, 5) is 16.9. The van der Waals surface area contributed by atoms with Crippen molar-refractivity contribution in [1.29, 1.82) is 0 Å². The van der Waals surface area contributed by atoms with Gasteiger partial charge in [0.25, 0.3) is 0 Å². The Hall–Kier alpha value is -2.95. The van der Waals surface area contributed by atoms with Crippen molar-refractivity contribution in [2.75, 3.05) is 0 Å². The topological polar surface area (TPSA) is 59.8 Å². The van der Waals surface area contributed by atoms with E-state index in [2.05, 4.69) is 47.4 Å². The van der Waals surface area contributed by atoms with Crippen LogP contribution in [0.4, 0.5) is 0 Å². The summed E-state index contributed by atoms with van der Waals surface area (Å²) in [5.74, 6) is 0.0148. The third-order valence-electron chi connectivity index (χ3n) is 4.60. The molecule has 5 heteroatoms. The van der Waals surface area contributed by atoms with Crippen molar-refractivity contribution in [1.82, 2.24) is 20.1 Å².